The van der Waals surface area contributed by atoms with E-state index in [9.17, 15) is 4.79 Å². The van der Waals surface area contributed by atoms with Gasteiger partial charge in [0.25, 0.3) is 0 Å². The minimum atomic E-state index is 0.144. The summed E-state index contributed by atoms with van der Waals surface area (Å²) in [5.74, 6) is 0.354. The molecule has 1 aliphatic rings. The average Bonchev–Trinajstić information content (AvgIpc) is 2.48. The number of nitrogens with zero attached hydrogens (tertiary/aromatic N) is 1. The Balaban J connectivity index is 1.59. The molecule has 110 valence electrons. The number of piperidine rings is 1. The van der Waals surface area contributed by atoms with Crippen LogP contribution in [0.3, 0.4) is 0 Å². The molecule has 0 aliphatic carbocycles. The molecule has 0 bridgehead atoms. The number of hydrogen-bond acceptors (Lipinski definition) is 3. The van der Waals surface area contributed by atoms with Crippen LogP contribution in [0.15, 0.2) is 30.3 Å². The van der Waals surface area contributed by atoms with Gasteiger partial charge in [-0.05, 0) is 51.4 Å². The van der Waals surface area contributed by atoms with E-state index in [4.69, 9.17) is 0 Å². The lowest BCUT2D eigenvalue weighted by molar-refractivity contribution is -0.124. The monoisotopic (exact) mass is 274 g/mol. The number of benzene rings is 1. The molecule has 1 aromatic rings. The Labute approximate surface area is 122 Å². The summed E-state index contributed by atoms with van der Waals surface area (Å²) in [6.07, 6.45) is 5.60. The van der Waals surface area contributed by atoms with E-state index in [0.717, 1.165) is 32.4 Å². The van der Waals surface area contributed by atoms with Crippen LogP contribution in [-0.2, 0) is 11.2 Å². The lowest BCUT2D eigenvalue weighted by atomic mass is 9.99. The molecule has 0 radical (unpaired) electrons. The molecule has 1 fully saturated rings. The maximum Gasteiger partial charge on any atom is 0.163 e. The second kappa shape index (κ2) is 8.18. The molecule has 0 saturated carbocycles. The van der Waals surface area contributed by atoms with E-state index in [0.29, 0.717) is 12.3 Å². The average molecular weight is 274 g/mol. The molecule has 2 rings (SSSR count). The Morgan fingerprint density at radius 2 is 2.10 bits per heavy atom. The first kappa shape index (κ1) is 15.2. The number of hydrogen-bond donors (Lipinski definition) is 1. The van der Waals surface area contributed by atoms with Crippen LogP contribution in [0.5, 0.6) is 0 Å². The summed E-state index contributed by atoms with van der Waals surface area (Å²) in [6.45, 7) is 2.49. The lowest BCUT2D eigenvalue weighted by Gasteiger charge is -2.31. The smallest absolute Gasteiger partial charge is 0.163 e. The number of ketones is 1. The molecule has 20 heavy (non-hydrogen) atoms. The molecule has 1 heterocycles. The van der Waals surface area contributed by atoms with Crippen LogP contribution in [0.25, 0.3) is 0 Å². The molecule has 0 unspecified atom stereocenters. The fourth-order valence-electron chi connectivity index (χ4n) is 2.87. The zero-order valence-corrected chi connectivity index (χ0v) is 12.5. The van der Waals surface area contributed by atoms with Crippen molar-refractivity contribution in [3.8, 4) is 0 Å². The minimum absolute atomic E-state index is 0.144. The van der Waals surface area contributed by atoms with Gasteiger partial charge in [-0.2, -0.15) is 0 Å². The van der Waals surface area contributed by atoms with Crippen LogP contribution >= 0.6 is 0 Å². The van der Waals surface area contributed by atoms with Crippen molar-refractivity contribution in [1.29, 1.82) is 0 Å². The van der Waals surface area contributed by atoms with Crippen LogP contribution in [0.1, 0.15) is 31.2 Å². The van der Waals surface area contributed by atoms with Gasteiger partial charge in [-0.25, -0.2) is 0 Å². The van der Waals surface area contributed by atoms with Gasteiger partial charge >= 0.3 is 0 Å². The second-order valence-corrected chi connectivity index (χ2v) is 5.72. The van der Waals surface area contributed by atoms with E-state index < -0.39 is 0 Å². The van der Waals surface area contributed by atoms with Gasteiger partial charge in [0.05, 0.1) is 12.6 Å². The van der Waals surface area contributed by atoms with Gasteiger partial charge in [-0.3, -0.25) is 9.69 Å². The SMILES string of the molecule is CN1CCCC[C@H]1C(=O)CNCCCc1ccccc1. The van der Waals surface area contributed by atoms with Gasteiger partial charge in [0, 0.05) is 0 Å². The molecule has 0 amide bonds. The maximum absolute atomic E-state index is 12.1. The van der Waals surface area contributed by atoms with E-state index in [1.165, 1.54) is 18.4 Å². The molecule has 3 nitrogen and oxygen atoms in total. The summed E-state index contributed by atoms with van der Waals surface area (Å²) in [7, 11) is 2.07. The maximum atomic E-state index is 12.1. The van der Waals surface area contributed by atoms with Crippen LogP contribution in [0.2, 0.25) is 0 Å². The van der Waals surface area contributed by atoms with Gasteiger partial charge in [0.15, 0.2) is 5.78 Å². The summed E-state index contributed by atoms with van der Waals surface area (Å²) in [4.78, 5) is 14.3. The van der Waals surface area contributed by atoms with Crippen LogP contribution < -0.4 is 5.32 Å². The third-order valence-corrected chi connectivity index (χ3v) is 4.10. The van der Waals surface area contributed by atoms with E-state index in [1.54, 1.807) is 0 Å². The summed E-state index contributed by atoms with van der Waals surface area (Å²) in [5, 5.41) is 3.30. The quantitative estimate of drug-likeness (QED) is 0.774. The molecule has 0 aromatic heterocycles. The van der Waals surface area contributed by atoms with E-state index in [2.05, 4.69) is 41.5 Å². The van der Waals surface area contributed by atoms with Crippen LogP contribution in [-0.4, -0.2) is 43.4 Å². The molecule has 3 heteroatoms. The molecule has 1 saturated heterocycles. The standard InChI is InChI=1S/C17H26N2O/c1-19-13-6-5-11-16(19)17(20)14-18-12-7-10-15-8-3-2-4-9-15/h2-4,8-9,16,18H,5-7,10-14H2,1H3/t16-/m0/s1. The molecule has 1 aliphatic heterocycles. The first-order valence-electron chi connectivity index (χ1n) is 7.75. The largest absolute Gasteiger partial charge is 0.310 e. The number of carbonyl (C=O) groups excluding carboxylic acids is 1. The van der Waals surface area contributed by atoms with Gasteiger partial charge in [0.1, 0.15) is 0 Å². The Morgan fingerprint density at radius 3 is 2.85 bits per heavy atom. The van der Waals surface area contributed by atoms with Crippen molar-refractivity contribution in [3.05, 3.63) is 35.9 Å². The summed E-state index contributed by atoms with van der Waals surface area (Å²) < 4.78 is 0. The minimum Gasteiger partial charge on any atom is -0.310 e. The predicted molar refractivity (Wildman–Crippen MR) is 82.9 cm³/mol. The lowest BCUT2D eigenvalue weighted by Crippen LogP contribution is -2.45. The number of likely N-dealkylation sites (N-methyl/N-ethyl adjacent to an activating group) is 1. The predicted octanol–water partition coefficient (Wildman–Crippen LogP) is 2.26. The zero-order valence-electron chi connectivity index (χ0n) is 12.5. The highest BCUT2D eigenvalue weighted by molar-refractivity contribution is 5.85. The van der Waals surface area contributed by atoms with E-state index in [-0.39, 0.29) is 6.04 Å². The Bertz CT molecular complexity index is 405. The van der Waals surface area contributed by atoms with Crippen molar-refractivity contribution in [2.45, 2.75) is 38.1 Å². The molecule has 1 aromatic carbocycles. The first-order chi connectivity index (χ1) is 9.77. The highest BCUT2D eigenvalue weighted by atomic mass is 16.1. The van der Waals surface area contributed by atoms with Crippen molar-refractivity contribution in [1.82, 2.24) is 10.2 Å². The molecular formula is C17H26N2O. The first-order valence-corrected chi connectivity index (χ1v) is 7.75. The van der Waals surface area contributed by atoms with Crippen molar-refractivity contribution in [2.75, 3.05) is 26.7 Å². The summed E-state index contributed by atoms with van der Waals surface area (Å²) in [6, 6.07) is 10.6. The van der Waals surface area contributed by atoms with Crippen LogP contribution in [0, 0.1) is 0 Å². The van der Waals surface area contributed by atoms with Crippen molar-refractivity contribution in [3.63, 3.8) is 0 Å². The van der Waals surface area contributed by atoms with Gasteiger partial charge in [0.2, 0.25) is 0 Å². The number of likely N-dealkylation sites (tertiary alicyclic amines) is 1. The van der Waals surface area contributed by atoms with E-state index in [1.807, 2.05) is 6.07 Å². The molecule has 0 spiro atoms. The number of carbonyl (C=O) groups is 1. The Kier molecular flexibility index (Phi) is 6.22. The highest BCUT2D eigenvalue weighted by Gasteiger charge is 2.24. The number of aryl methyl sites for hydroxylation is 1. The summed E-state index contributed by atoms with van der Waals surface area (Å²) in [5.41, 5.74) is 1.37. The van der Waals surface area contributed by atoms with Crippen molar-refractivity contribution < 1.29 is 4.79 Å². The number of nitrogens with one attached hydrogen (secondary N) is 1. The number of rotatable bonds is 7. The Morgan fingerprint density at radius 1 is 1.30 bits per heavy atom. The fraction of sp³-hybridized carbons (Fsp3) is 0.588. The highest BCUT2D eigenvalue weighted by Crippen LogP contribution is 2.15. The van der Waals surface area contributed by atoms with Crippen LogP contribution in [0.4, 0.5) is 0 Å². The third-order valence-electron chi connectivity index (χ3n) is 4.10. The molecular weight excluding hydrogens is 248 g/mol. The zero-order chi connectivity index (χ0) is 14.2. The number of Topliss-reactive ketones (excluding diaryl/α,β-unsaturated/α-hetero) is 1. The van der Waals surface area contributed by atoms with Gasteiger partial charge < -0.3 is 5.32 Å². The topological polar surface area (TPSA) is 32.3 Å². The second-order valence-electron chi connectivity index (χ2n) is 5.72. The van der Waals surface area contributed by atoms with Gasteiger partial charge in [-0.1, -0.05) is 36.8 Å². The summed E-state index contributed by atoms with van der Waals surface area (Å²) >= 11 is 0. The van der Waals surface area contributed by atoms with Crippen molar-refractivity contribution >= 4 is 5.78 Å². The van der Waals surface area contributed by atoms with E-state index >= 15 is 0 Å². The van der Waals surface area contributed by atoms with Crippen molar-refractivity contribution in [2.24, 2.45) is 0 Å². The fourth-order valence-corrected chi connectivity index (χ4v) is 2.87. The Hall–Kier alpha value is -1.19. The molecule has 1 atom stereocenters. The molecule has 1 N–H and O–H groups in total. The third kappa shape index (κ3) is 4.73. The van der Waals surface area contributed by atoms with Gasteiger partial charge in [-0.15, -0.1) is 0 Å². The normalized spacial score (nSPS) is 19.9.